The molecule has 0 saturated carbocycles. The van der Waals surface area contributed by atoms with Gasteiger partial charge in [0, 0.05) is 25.9 Å². The third-order valence-electron chi connectivity index (χ3n) is 4.03. The Balaban J connectivity index is 1.55. The number of benzene rings is 1. The molecule has 7 heteroatoms. The van der Waals surface area contributed by atoms with E-state index < -0.39 is 0 Å². The van der Waals surface area contributed by atoms with Gasteiger partial charge in [0.05, 0.1) is 24.2 Å². The fourth-order valence-corrected chi connectivity index (χ4v) is 3.58. The molecular formula is C18H23N3O3S. The highest BCUT2D eigenvalue weighted by molar-refractivity contribution is 7.99. The Hall–Kier alpha value is -1.83. The molecule has 0 unspecified atom stereocenters. The Labute approximate surface area is 151 Å². The van der Waals surface area contributed by atoms with E-state index in [4.69, 9.17) is 4.74 Å². The lowest BCUT2D eigenvalue weighted by atomic mass is 10.2. The zero-order valence-corrected chi connectivity index (χ0v) is 14.9. The molecule has 1 aliphatic heterocycles. The second-order valence-electron chi connectivity index (χ2n) is 6.01. The number of ether oxygens (including phenoxy) is 1. The molecule has 0 radical (unpaired) electrons. The lowest BCUT2D eigenvalue weighted by Crippen LogP contribution is -2.32. The molecule has 1 atom stereocenters. The van der Waals surface area contributed by atoms with Gasteiger partial charge in [0.15, 0.2) is 5.16 Å². The molecule has 6 nitrogen and oxygen atoms in total. The molecule has 3 rings (SSSR count). The van der Waals surface area contributed by atoms with Crippen molar-refractivity contribution < 1.29 is 14.6 Å². The number of thioether (sulfide) groups is 1. The number of amides is 1. The number of hydrogen-bond donors (Lipinski definition) is 2. The number of aliphatic hydroxyl groups excluding tert-OH is 1. The first kappa shape index (κ1) is 18.0. The van der Waals surface area contributed by atoms with Gasteiger partial charge in [0.25, 0.3) is 0 Å². The summed E-state index contributed by atoms with van der Waals surface area (Å²) < 4.78 is 7.47. The van der Waals surface area contributed by atoms with Crippen molar-refractivity contribution in [1.29, 1.82) is 0 Å². The van der Waals surface area contributed by atoms with Crippen molar-refractivity contribution in [3.8, 4) is 0 Å². The van der Waals surface area contributed by atoms with E-state index in [1.807, 2.05) is 41.1 Å². The normalized spacial score (nSPS) is 16.9. The first-order valence-electron chi connectivity index (χ1n) is 8.46. The van der Waals surface area contributed by atoms with Crippen LogP contribution in [0.4, 0.5) is 0 Å². The Kier molecular flexibility index (Phi) is 6.49. The van der Waals surface area contributed by atoms with Crippen LogP contribution in [0.2, 0.25) is 0 Å². The van der Waals surface area contributed by atoms with Gasteiger partial charge in [0.2, 0.25) is 5.91 Å². The molecule has 2 aromatic rings. The number of rotatable bonds is 8. The minimum atomic E-state index is -0.111. The number of carbonyl (C=O) groups is 1. The Bertz CT molecular complexity index is 684. The summed E-state index contributed by atoms with van der Waals surface area (Å²) in [5.41, 5.74) is 1.76. The van der Waals surface area contributed by atoms with Gasteiger partial charge in [0.1, 0.15) is 0 Å². The Morgan fingerprint density at radius 3 is 2.96 bits per heavy atom. The van der Waals surface area contributed by atoms with Gasteiger partial charge < -0.3 is 19.7 Å². The standard InChI is InChI=1S/C18H23N3O3S/c22-12-15-11-21(10-14-5-2-1-3-6-14)18(20-15)25-13-17(23)19-9-16-7-4-8-24-16/h1-3,5-6,11,16,22H,4,7-10,12-13H2,(H,19,23)/t16-/m0/s1. The van der Waals surface area contributed by atoms with Crippen LogP contribution in [0.1, 0.15) is 24.1 Å². The fourth-order valence-electron chi connectivity index (χ4n) is 2.75. The second-order valence-corrected chi connectivity index (χ2v) is 6.96. The smallest absolute Gasteiger partial charge is 0.230 e. The molecule has 0 spiro atoms. The van der Waals surface area contributed by atoms with Crippen molar-refractivity contribution >= 4 is 17.7 Å². The molecular weight excluding hydrogens is 338 g/mol. The van der Waals surface area contributed by atoms with E-state index in [1.54, 1.807) is 0 Å². The van der Waals surface area contributed by atoms with E-state index in [0.717, 1.165) is 30.2 Å². The summed E-state index contributed by atoms with van der Waals surface area (Å²) in [5.74, 6) is 0.268. The molecule has 25 heavy (non-hydrogen) atoms. The summed E-state index contributed by atoms with van der Waals surface area (Å²) in [6, 6.07) is 10.0. The maximum atomic E-state index is 12.0. The number of aliphatic hydroxyl groups is 1. The van der Waals surface area contributed by atoms with Gasteiger partial charge in [-0.05, 0) is 18.4 Å². The van der Waals surface area contributed by atoms with Gasteiger partial charge in [-0.2, -0.15) is 0 Å². The van der Waals surface area contributed by atoms with E-state index in [-0.39, 0.29) is 18.6 Å². The molecule has 1 amide bonds. The number of carbonyl (C=O) groups excluding carboxylic acids is 1. The van der Waals surface area contributed by atoms with E-state index in [9.17, 15) is 9.90 Å². The first-order chi connectivity index (χ1) is 12.2. The molecule has 0 bridgehead atoms. The van der Waals surface area contributed by atoms with Crippen molar-refractivity contribution in [2.24, 2.45) is 0 Å². The lowest BCUT2D eigenvalue weighted by Gasteiger charge is -2.11. The van der Waals surface area contributed by atoms with Crippen LogP contribution >= 0.6 is 11.8 Å². The van der Waals surface area contributed by atoms with E-state index in [2.05, 4.69) is 10.3 Å². The third-order valence-corrected chi connectivity index (χ3v) is 5.02. The molecule has 1 aromatic heterocycles. The average Bonchev–Trinajstić information content (AvgIpc) is 3.29. The minimum Gasteiger partial charge on any atom is -0.390 e. The van der Waals surface area contributed by atoms with Gasteiger partial charge >= 0.3 is 0 Å². The predicted octanol–water partition coefficient (Wildman–Crippen LogP) is 1.81. The van der Waals surface area contributed by atoms with Crippen LogP contribution in [-0.2, 0) is 22.7 Å². The molecule has 2 N–H and O–H groups in total. The summed E-state index contributed by atoms with van der Waals surface area (Å²) in [7, 11) is 0. The number of hydrogen-bond acceptors (Lipinski definition) is 5. The van der Waals surface area contributed by atoms with Gasteiger partial charge in [-0.3, -0.25) is 4.79 Å². The van der Waals surface area contributed by atoms with Crippen LogP contribution in [0.25, 0.3) is 0 Å². The number of nitrogens with one attached hydrogen (secondary N) is 1. The molecule has 1 aromatic carbocycles. The molecule has 0 aliphatic carbocycles. The topological polar surface area (TPSA) is 76.4 Å². The number of imidazole rings is 1. The summed E-state index contributed by atoms with van der Waals surface area (Å²) in [4.78, 5) is 16.5. The largest absolute Gasteiger partial charge is 0.390 e. The summed E-state index contributed by atoms with van der Waals surface area (Å²) in [6.07, 6.45) is 4.06. The summed E-state index contributed by atoms with van der Waals surface area (Å²) in [5, 5.41) is 13.0. The highest BCUT2D eigenvalue weighted by Crippen LogP contribution is 2.19. The predicted molar refractivity (Wildman–Crippen MR) is 96.4 cm³/mol. The quantitative estimate of drug-likeness (QED) is 0.702. The number of nitrogens with zero attached hydrogens (tertiary/aromatic N) is 2. The van der Waals surface area contributed by atoms with Crippen molar-refractivity contribution in [3.63, 3.8) is 0 Å². The van der Waals surface area contributed by atoms with Crippen molar-refractivity contribution in [3.05, 3.63) is 47.8 Å². The van der Waals surface area contributed by atoms with Crippen LogP contribution in [0, 0.1) is 0 Å². The van der Waals surface area contributed by atoms with Gasteiger partial charge in [-0.1, -0.05) is 42.1 Å². The second kappa shape index (κ2) is 9.03. The Morgan fingerprint density at radius 1 is 1.40 bits per heavy atom. The maximum absolute atomic E-state index is 12.0. The molecule has 2 heterocycles. The average molecular weight is 361 g/mol. The van der Waals surface area contributed by atoms with Crippen LogP contribution in [-0.4, -0.2) is 45.6 Å². The molecule has 1 saturated heterocycles. The third kappa shape index (κ3) is 5.32. The fraction of sp³-hybridized carbons (Fsp3) is 0.444. The van der Waals surface area contributed by atoms with Crippen molar-refractivity contribution in [2.75, 3.05) is 18.9 Å². The lowest BCUT2D eigenvalue weighted by molar-refractivity contribution is -0.119. The SMILES string of the molecule is O=C(CSc1nc(CO)cn1Cc1ccccc1)NC[C@@H]1CCCO1. The Morgan fingerprint density at radius 2 is 2.24 bits per heavy atom. The maximum Gasteiger partial charge on any atom is 0.230 e. The highest BCUT2D eigenvalue weighted by Gasteiger charge is 2.17. The van der Waals surface area contributed by atoms with Gasteiger partial charge in [-0.15, -0.1) is 0 Å². The zero-order valence-electron chi connectivity index (χ0n) is 14.1. The summed E-state index contributed by atoms with van der Waals surface area (Å²) in [6.45, 7) is 1.91. The summed E-state index contributed by atoms with van der Waals surface area (Å²) >= 11 is 1.38. The number of aromatic nitrogens is 2. The van der Waals surface area contributed by atoms with Crippen LogP contribution in [0.3, 0.4) is 0 Å². The van der Waals surface area contributed by atoms with Crippen molar-refractivity contribution in [1.82, 2.24) is 14.9 Å². The minimum absolute atomic E-state index is 0.0275. The monoisotopic (exact) mass is 361 g/mol. The van der Waals surface area contributed by atoms with E-state index in [0.29, 0.717) is 24.5 Å². The van der Waals surface area contributed by atoms with Gasteiger partial charge in [-0.25, -0.2) is 4.98 Å². The van der Waals surface area contributed by atoms with Crippen LogP contribution in [0.15, 0.2) is 41.7 Å². The van der Waals surface area contributed by atoms with E-state index in [1.165, 1.54) is 11.8 Å². The molecule has 134 valence electrons. The molecule has 1 aliphatic rings. The van der Waals surface area contributed by atoms with Crippen LogP contribution < -0.4 is 5.32 Å². The van der Waals surface area contributed by atoms with Crippen molar-refractivity contribution in [2.45, 2.75) is 37.3 Å². The van der Waals surface area contributed by atoms with Crippen LogP contribution in [0.5, 0.6) is 0 Å². The zero-order chi connectivity index (χ0) is 17.5. The highest BCUT2D eigenvalue weighted by atomic mass is 32.2. The molecule has 1 fully saturated rings. The van der Waals surface area contributed by atoms with E-state index >= 15 is 0 Å². The first-order valence-corrected chi connectivity index (χ1v) is 9.45.